The first-order valence-corrected chi connectivity index (χ1v) is 8.63. The minimum atomic E-state index is -1.69. The predicted molar refractivity (Wildman–Crippen MR) is 96.4 cm³/mol. The van der Waals surface area contributed by atoms with Gasteiger partial charge in [0, 0.05) is 0 Å². The number of hydrogen-bond donors (Lipinski definition) is 7. The van der Waals surface area contributed by atoms with Gasteiger partial charge in [0.1, 0.15) is 18.1 Å². The van der Waals surface area contributed by atoms with Crippen LogP contribution in [0.4, 0.5) is 0 Å². The molecular formula is C16H26N4O9. The van der Waals surface area contributed by atoms with Crippen LogP contribution in [-0.4, -0.2) is 75.6 Å². The van der Waals surface area contributed by atoms with Crippen molar-refractivity contribution < 1.29 is 44.1 Å². The Morgan fingerprint density at radius 1 is 0.759 bits per heavy atom. The van der Waals surface area contributed by atoms with E-state index >= 15 is 0 Å². The zero-order valence-corrected chi connectivity index (χ0v) is 16.0. The van der Waals surface area contributed by atoms with E-state index in [2.05, 4.69) is 10.6 Å². The van der Waals surface area contributed by atoms with Crippen LogP contribution in [0.5, 0.6) is 0 Å². The van der Waals surface area contributed by atoms with Crippen LogP contribution < -0.4 is 21.7 Å². The summed E-state index contributed by atoms with van der Waals surface area (Å²) in [6.07, 6.45) is -1.68. The highest BCUT2D eigenvalue weighted by Crippen LogP contribution is 2.06. The third kappa shape index (κ3) is 10.6. The topological polar surface area (TPSA) is 225 Å². The average molecular weight is 418 g/mol. The molecular weight excluding hydrogens is 392 g/mol. The number of carboxylic acid groups (broad SMARTS) is 3. The minimum Gasteiger partial charge on any atom is -0.481 e. The lowest BCUT2D eigenvalue weighted by molar-refractivity contribution is -0.145. The quantitative estimate of drug-likeness (QED) is 0.166. The van der Waals surface area contributed by atoms with Gasteiger partial charge in [0.15, 0.2) is 0 Å². The van der Waals surface area contributed by atoms with Gasteiger partial charge in [-0.05, 0) is 12.3 Å². The summed E-state index contributed by atoms with van der Waals surface area (Å²) in [7, 11) is 0. The molecule has 0 fully saturated rings. The fraction of sp³-hybridized carbons (Fsp3) is 0.625. The Kier molecular flexibility index (Phi) is 10.9. The first kappa shape index (κ1) is 25.8. The van der Waals surface area contributed by atoms with Crippen LogP contribution in [0.2, 0.25) is 0 Å². The Morgan fingerprint density at radius 3 is 1.52 bits per heavy atom. The van der Waals surface area contributed by atoms with E-state index < -0.39 is 73.1 Å². The largest absolute Gasteiger partial charge is 0.481 e. The molecule has 0 saturated heterocycles. The normalized spacial score (nSPS) is 13.7. The van der Waals surface area contributed by atoms with E-state index in [1.54, 1.807) is 13.8 Å². The molecule has 0 aromatic heterocycles. The van der Waals surface area contributed by atoms with Gasteiger partial charge in [0.25, 0.3) is 0 Å². The van der Waals surface area contributed by atoms with Crippen molar-refractivity contribution in [3.8, 4) is 0 Å². The minimum absolute atomic E-state index is 0.0585. The third-order valence-corrected chi connectivity index (χ3v) is 3.55. The van der Waals surface area contributed by atoms with Crippen LogP contribution in [0.15, 0.2) is 0 Å². The van der Waals surface area contributed by atoms with Gasteiger partial charge >= 0.3 is 17.9 Å². The molecule has 29 heavy (non-hydrogen) atoms. The van der Waals surface area contributed by atoms with Gasteiger partial charge in [0.2, 0.25) is 17.7 Å². The molecule has 0 rings (SSSR count). The molecule has 0 heterocycles. The molecule has 13 nitrogen and oxygen atoms in total. The molecule has 0 aromatic rings. The number of hydrogen-bond acceptors (Lipinski definition) is 7. The maximum atomic E-state index is 12.4. The standard InChI is InChI=1S/C16H26N4O9/c1-7(2)3-10(16(28)29)20-15(27)9(5-13(24)25)19-14(26)8(4-12(22)23)18-11(21)6-17/h7-10H,3-6,17H2,1-2H3,(H,18,21)(H,19,26)(H,20,27)(H,22,23)(H,24,25)(H,28,29). The number of rotatable bonds is 13. The summed E-state index contributed by atoms with van der Waals surface area (Å²) in [6.45, 7) is 2.91. The van der Waals surface area contributed by atoms with Crippen molar-refractivity contribution in [2.24, 2.45) is 11.7 Å². The summed E-state index contributed by atoms with van der Waals surface area (Å²) in [5, 5.41) is 33.3. The lowest BCUT2D eigenvalue weighted by atomic mass is 10.0. The first-order valence-electron chi connectivity index (χ1n) is 8.63. The Hall–Kier alpha value is -3.22. The lowest BCUT2D eigenvalue weighted by Crippen LogP contribution is -2.57. The Morgan fingerprint density at radius 2 is 1.17 bits per heavy atom. The van der Waals surface area contributed by atoms with Crippen LogP contribution in [0.1, 0.15) is 33.1 Å². The SMILES string of the molecule is CC(C)CC(NC(=O)C(CC(=O)O)NC(=O)C(CC(=O)O)NC(=O)CN)C(=O)O. The van der Waals surface area contributed by atoms with Crippen molar-refractivity contribution in [2.45, 2.75) is 51.2 Å². The molecule has 0 aliphatic heterocycles. The number of carboxylic acids is 3. The second-order valence-electron chi connectivity index (χ2n) is 6.61. The highest BCUT2D eigenvalue weighted by atomic mass is 16.4. The van der Waals surface area contributed by atoms with Gasteiger partial charge in [-0.15, -0.1) is 0 Å². The summed E-state index contributed by atoms with van der Waals surface area (Å²) < 4.78 is 0. The molecule has 0 bridgehead atoms. The molecule has 8 N–H and O–H groups in total. The van der Waals surface area contributed by atoms with Crippen molar-refractivity contribution in [2.75, 3.05) is 6.54 Å². The van der Waals surface area contributed by atoms with Crippen molar-refractivity contribution in [3.63, 3.8) is 0 Å². The Balaban J connectivity index is 5.41. The molecule has 164 valence electrons. The van der Waals surface area contributed by atoms with Crippen LogP contribution >= 0.6 is 0 Å². The number of nitrogens with two attached hydrogens (primary N) is 1. The monoisotopic (exact) mass is 418 g/mol. The van der Waals surface area contributed by atoms with E-state index in [1.165, 1.54) is 0 Å². The zero-order valence-electron chi connectivity index (χ0n) is 16.0. The number of amides is 3. The number of carbonyl (C=O) groups excluding carboxylic acids is 3. The third-order valence-electron chi connectivity index (χ3n) is 3.55. The Bertz CT molecular complexity index is 650. The Labute approximate surface area is 166 Å². The summed E-state index contributed by atoms with van der Waals surface area (Å²) >= 11 is 0. The van der Waals surface area contributed by atoms with E-state index in [1.807, 2.05) is 5.32 Å². The lowest BCUT2D eigenvalue weighted by Gasteiger charge is -2.23. The molecule has 0 saturated carbocycles. The van der Waals surface area contributed by atoms with Gasteiger partial charge < -0.3 is 37.0 Å². The number of nitrogens with one attached hydrogen (secondary N) is 3. The van der Waals surface area contributed by atoms with Gasteiger partial charge in [-0.1, -0.05) is 13.8 Å². The fourth-order valence-electron chi connectivity index (χ4n) is 2.26. The molecule has 0 aliphatic carbocycles. The molecule has 0 aliphatic rings. The molecule has 0 radical (unpaired) electrons. The van der Waals surface area contributed by atoms with Crippen molar-refractivity contribution >= 4 is 35.6 Å². The van der Waals surface area contributed by atoms with Crippen LogP contribution in [-0.2, 0) is 28.8 Å². The van der Waals surface area contributed by atoms with E-state index in [0.717, 1.165) is 0 Å². The second-order valence-corrected chi connectivity index (χ2v) is 6.61. The van der Waals surface area contributed by atoms with Crippen LogP contribution in [0.3, 0.4) is 0 Å². The molecule has 13 heteroatoms. The molecule has 0 aromatic carbocycles. The zero-order chi connectivity index (χ0) is 22.7. The number of aliphatic carboxylic acids is 3. The molecule has 3 unspecified atom stereocenters. The summed E-state index contributed by atoms with van der Waals surface area (Å²) in [4.78, 5) is 69.3. The highest BCUT2D eigenvalue weighted by molar-refractivity contribution is 5.96. The van der Waals surface area contributed by atoms with Crippen LogP contribution in [0.25, 0.3) is 0 Å². The smallest absolute Gasteiger partial charge is 0.326 e. The molecule has 3 amide bonds. The van der Waals surface area contributed by atoms with Crippen molar-refractivity contribution in [3.05, 3.63) is 0 Å². The highest BCUT2D eigenvalue weighted by Gasteiger charge is 2.31. The van der Waals surface area contributed by atoms with Gasteiger partial charge in [-0.3, -0.25) is 24.0 Å². The van der Waals surface area contributed by atoms with E-state index in [0.29, 0.717) is 0 Å². The summed E-state index contributed by atoms with van der Waals surface area (Å²) in [6, 6.07) is -4.62. The molecule has 0 spiro atoms. The number of carbonyl (C=O) groups is 6. The summed E-state index contributed by atoms with van der Waals surface area (Å²) in [5.41, 5.74) is 5.10. The molecule has 3 atom stereocenters. The van der Waals surface area contributed by atoms with E-state index in [4.69, 9.17) is 15.9 Å². The summed E-state index contributed by atoms with van der Waals surface area (Å²) in [5.74, 6) is -7.40. The van der Waals surface area contributed by atoms with Gasteiger partial charge in [-0.2, -0.15) is 0 Å². The predicted octanol–water partition coefficient (Wildman–Crippen LogP) is -2.52. The maximum Gasteiger partial charge on any atom is 0.326 e. The fourth-order valence-corrected chi connectivity index (χ4v) is 2.26. The van der Waals surface area contributed by atoms with Gasteiger partial charge in [-0.25, -0.2) is 4.79 Å². The van der Waals surface area contributed by atoms with Gasteiger partial charge in [0.05, 0.1) is 19.4 Å². The first-order chi connectivity index (χ1) is 13.4. The average Bonchev–Trinajstić information content (AvgIpc) is 2.58. The van der Waals surface area contributed by atoms with E-state index in [9.17, 15) is 33.9 Å². The van der Waals surface area contributed by atoms with Crippen molar-refractivity contribution in [1.29, 1.82) is 0 Å². The maximum absolute atomic E-state index is 12.4. The second kappa shape index (κ2) is 12.3. The van der Waals surface area contributed by atoms with Crippen molar-refractivity contribution in [1.82, 2.24) is 16.0 Å². The van der Waals surface area contributed by atoms with E-state index in [-0.39, 0.29) is 12.3 Å². The van der Waals surface area contributed by atoms with Crippen LogP contribution in [0, 0.1) is 5.92 Å².